The Labute approximate surface area is 195 Å². The summed E-state index contributed by atoms with van der Waals surface area (Å²) < 4.78 is 29.6. The van der Waals surface area contributed by atoms with E-state index in [0.29, 0.717) is 42.9 Å². The normalized spacial score (nSPS) is 14.7. The molecule has 7 nitrogen and oxygen atoms in total. The van der Waals surface area contributed by atoms with E-state index in [1.165, 1.54) is 0 Å². The van der Waals surface area contributed by atoms with Gasteiger partial charge >= 0.3 is 0 Å². The minimum absolute atomic E-state index is 0.0225. The van der Waals surface area contributed by atoms with Crippen LogP contribution < -0.4 is 5.32 Å². The number of nitrogens with one attached hydrogen (secondary N) is 1. The first-order chi connectivity index (χ1) is 15.9. The molecule has 1 aliphatic rings. The first-order valence-electron chi connectivity index (χ1n) is 11.7. The third-order valence-corrected chi connectivity index (χ3v) is 8.16. The van der Waals surface area contributed by atoms with Crippen LogP contribution in [0, 0.1) is 6.92 Å². The van der Waals surface area contributed by atoms with Gasteiger partial charge in [0.05, 0.1) is 15.9 Å². The standard InChI is InChI=1S/C25H32N4O3S/c1-3-14-29-23-11-10-21(33(31,32)28-15-6-7-16-28)17-22(23)27-24(29)12-13-25(30)26-18-20-9-5-4-8-19(20)2/h4-5,8-11,17H,3,6-7,12-16,18H2,1-2H3,(H,26,30). The molecule has 0 aliphatic carbocycles. The summed E-state index contributed by atoms with van der Waals surface area (Å²) in [7, 11) is -3.49. The highest BCUT2D eigenvalue weighted by atomic mass is 32.2. The molecule has 2 aromatic carbocycles. The van der Waals surface area contributed by atoms with Crippen LogP contribution in [0.4, 0.5) is 0 Å². The predicted molar refractivity (Wildman–Crippen MR) is 129 cm³/mol. The van der Waals surface area contributed by atoms with Crippen molar-refractivity contribution in [1.82, 2.24) is 19.2 Å². The molecule has 1 saturated heterocycles. The monoisotopic (exact) mass is 468 g/mol. The van der Waals surface area contributed by atoms with Crippen LogP contribution in [0.25, 0.3) is 11.0 Å². The van der Waals surface area contributed by atoms with Gasteiger partial charge in [0.25, 0.3) is 0 Å². The van der Waals surface area contributed by atoms with Crippen LogP contribution in [-0.4, -0.2) is 41.3 Å². The smallest absolute Gasteiger partial charge is 0.243 e. The lowest BCUT2D eigenvalue weighted by atomic mass is 10.1. The molecule has 0 saturated carbocycles. The number of imidazole rings is 1. The SMILES string of the molecule is CCCn1c(CCC(=O)NCc2ccccc2C)nc2cc(S(=O)(=O)N3CCCC3)ccc21. The second-order valence-corrected chi connectivity index (χ2v) is 10.6. The fourth-order valence-electron chi connectivity index (χ4n) is 4.38. The van der Waals surface area contributed by atoms with Crippen molar-refractivity contribution in [3.05, 3.63) is 59.4 Å². The number of carbonyl (C=O) groups excluding carboxylic acids is 1. The van der Waals surface area contributed by atoms with Crippen molar-refractivity contribution in [3.63, 3.8) is 0 Å². The first kappa shape index (κ1) is 23.4. The molecule has 1 aliphatic heterocycles. The Balaban J connectivity index is 1.50. The van der Waals surface area contributed by atoms with Crippen molar-refractivity contribution in [2.24, 2.45) is 0 Å². The Bertz CT molecular complexity index is 1240. The van der Waals surface area contributed by atoms with E-state index in [0.717, 1.165) is 48.3 Å². The zero-order valence-electron chi connectivity index (χ0n) is 19.4. The van der Waals surface area contributed by atoms with E-state index in [4.69, 9.17) is 4.98 Å². The average molecular weight is 469 g/mol. The number of sulfonamides is 1. The molecule has 0 atom stereocenters. The van der Waals surface area contributed by atoms with Gasteiger partial charge in [-0.25, -0.2) is 13.4 Å². The molecule has 0 unspecified atom stereocenters. The molecule has 3 aromatic rings. The number of aromatic nitrogens is 2. The highest BCUT2D eigenvalue weighted by molar-refractivity contribution is 7.89. The molecule has 1 amide bonds. The summed E-state index contributed by atoms with van der Waals surface area (Å²) in [6, 6.07) is 13.2. The van der Waals surface area contributed by atoms with E-state index in [9.17, 15) is 13.2 Å². The Morgan fingerprint density at radius 2 is 1.88 bits per heavy atom. The maximum absolute atomic E-state index is 13.0. The van der Waals surface area contributed by atoms with Crippen LogP contribution in [0.5, 0.6) is 0 Å². The number of amides is 1. The molecule has 1 N–H and O–H groups in total. The van der Waals surface area contributed by atoms with Gasteiger partial charge in [-0.1, -0.05) is 31.2 Å². The van der Waals surface area contributed by atoms with E-state index >= 15 is 0 Å². The topological polar surface area (TPSA) is 84.3 Å². The van der Waals surface area contributed by atoms with Crippen molar-refractivity contribution < 1.29 is 13.2 Å². The molecule has 8 heteroatoms. The fraction of sp³-hybridized carbons (Fsp3) is 0.440. The summed E-state index contributed by atoms with van der Waals surface area (Å²) in [5, 5.41) is 2.99. The maximum Gasteiger partial charge on any atom is 0.243 e. The van der Waals surface area contributed by atoms with Crippen molar-refractivity contribution in [3.8, 4) is 0 Å². The van der Waals surface area contributed by atoms with Crippen molar-refractivity contribution in [2.75, 3.05) is 13.1 Å². The summed E-state index contributed by atoms with van der Waals surface area (Å²) in [6.45, 7) is 6.56. The van der Waals surface area contributed by atoms with Crippen molar-refractivity contribution in [2.45, 2.75) is 63.9 Å². The lowest BCUT2D eigenvalue weighted by molar-refractivity contribution is -0.121. The molecule has 1 aromatic heterocycles. The van der Waals surface area contributed by atoms with Gasteiger partial charge in [0.15, 0.2) is 0 Å². The van der Waals surface area contributed by atoms with Gasteiger partial charge in [-0.2, -0.15) is 4.31 Å². The zero-order chi connectivity index (χ0) is 23.4. The van der Waals surface area contributed by atoms with Crippen LogP contribution in [-0.2, 0) is 34.3 Å². The number of fused-ring (bicyclic) bond motifs is 1. The Morgan fingerprint density at radius 3 is 2.61 bits per heavy atom. The van der Waals surface area contributed by atoms with E-state index in [1.807, 2.05) is 37.3 Å². The third kappa shape index (κ3) is 5.12. The van der Waals surface area contributed by atoms with Gasteiger partial charge in [0.2, 0.25) is 15.9 Å². The van der Waals surface area contributed by atoms with Crippen LogP contribution in [0.15, 0.2) is 47.4 Å². The summed E-state index contributed by atoms with van der Waals surface area (Å²) in [6.07, 6.45) is 3.57. The van der Waals surface area contributed by atoms with Gasteiger partial charge in [0.1, 0.15) is 5.82 Å². The van der Waals surface area contributed by atoms with E-state index in [2.05, 4.69) is 16.8 Å². The second kappa shape index (κ2) is 10.1. The van der Waals surface area contributed by atoms with E-state index in [-0.39, 0.29) is 5.91 Å². The van der Waals surface area contributed by atoms with Gasteiger partial charge in [-0.3, -0.25) is 4.79 Å². The second-order valence-electron chi connectivity index (χ2n) is 8.64. The van der Waals surface area contributed by atoms with E-state index in [1.54, 1.807) is 16.4 Å². The molecule has 1 fully saturated rings. The lowest BCUT2D eigenvalue weighted by Gasteiger charge is -2.15. The predicted octanol–water partition coefficient (Wildman–Crippen LogP) is 3.79. The fourth-order valence-corrected chi connectivity index (χ4v) is 5.92. The highest BCUT2D eigenvalue weighted by Crippen LogP contribution is 2.26. The number of rotatable bonds is 9. The number of benzene rings is 2. The summed E-state index contributed by atoms with van der Waals surface area (Å²) in [5.41, 5.74) is 3.84. The molecule has 0 bridgehead atoms. The molecule has 33 heavy (non-hydrogen) atoms. The Hall–Kier alpha value is -2.71. The average Bonchev–Trinajstić information content (AvgIpc) is 3.46. The minimum atomic E-state index is -3.49. The highest BCUT2D eigenvalue weighted by Gasteiger charge is 2.27. The molecule has 176 valence electrons. The number of hydrogen-bond acceptors (Lipinski definition) is 4. The van der Waals surface area contributed by atoms with E-state index < -0.39 is 10.0 Å². The molecule has 0 spiro atoms. The van der Waals surface area contributed by atoms with Gasteiger partial charge < -0.3 is 9.88 Å². The Kier molecular flexibility index (Phi) is 7.14. The first-order valence-corrected chi connectivity index (χ1v) is 13.1. The van der Waals surface area contributed by atoms with Crippen LogP contribution in [0.2, 0.25) is 0 Å². The number of hydrogen-bond donors (Lipinski definition) is 1. The van der Waals surface area contributed by atoms with Crippen LogP contribution in [0.1, 0.15) is 49.6 Å². The largest absolute Gasteiger partial charge is 0.352 e. The molecular weight excluding hydrogens is 436 g/mol. The molecule has 2 heterocycles. The quantitative estimate of drug-likeness (QED) is 0.518. The molecule has 0 radical (unpaired) electrons. The van der Waals surface area contributed by atoms with Crippen molar-refractivity contribution in [1.29, 1.82) is 0 Å². The Morgan fingerprint density at radius 1 is 1.12 bits per heavy atom. The van der Waals surface area contributed by atoms with Gasteiger partial charge in [-0.15, -0.1) is 0 Å². The lowest BCUT2D eigenvalue weighted by Crippen LogP contribution is -2.27. The van der Waals surface area contributed by atoms with Crippen LogP contribution >= 0.6 is 0 Å². The maximum atomic E-state index is 13.0. The summed E-state index contributed by atoms with van der Waals surface area (Å²) in [5.74, 6) is 0.791. The third-order valence-electron chi connectivity index (χ3n) is 6.26. The zero-order valence-corrected chi connectivity index (χ0v) is 20.2. The number of aryl methyl sites for hydroxylation is 3. The minimum Gasteiger partial charge on any atom is -0.352 e. The van der Waals surface area contributed by atoms with Gasteiger partial charge in [-0.05, 0) is 55.5 Å². The van der Waals surface area contributed by atoms with Crippen LogP contribution in [0.3, 0.4) is 0 Å². The summed E-state index contributed by atoms with van der Waals surface area (Å²) >= 11 is 0. The number of nitrogens with zero attached hydrogens (tertiary/aromatic N) is 3. The van der Waals surface area contributed by atoms with Crippen molar-refractivity contribution >= 4 is 27.0 Å². The summed E-state index contributed by atoms with van der Waals surface area (Å²) in [4.78, 5) is 17.5. The number of carbonyl (C=O) groups is 1. The molecule has 4 rings (SSSR count). The molecular formula is C25H32N4O3S. The van der Waals surface area contributed by atoms with Gasteiger partial charge in [0, 0.05) is 39.0 Å².